The fourth-order valence-corrected chi connectivity index (χ4v) is 4.88. The maximum atomic E-state index is 12.8. The van der Waals surface area contributed by atoms with Crippen molar-refractivity contribution in [3.63, 3.8) is 0 Å². The summed E-state index contributed by atoms with van der Waals surface area (Å²) < 4.78 is 25.6. The normalized spacial score (nSPS) is 12.5. The lowest BCUT2D eigenvalue weighted by molar-refractivity contribution is -0.676. The number of nitrogens with two attached hydrogens (primary N) is 1. The minimum absolute atomic E-state index is 0. The number of hydrogen-bond acceptors (Lipinski definition) is 3. The Morgan fingerprint density at radius 2 is 1.58 bits per heavy atom. The van der Waals surface area contributed by atoms with Crippen LogP contribution in [0.1, 0.15) is 22.3 Å². The molecule has 0 unspecified atom stereocenters. The van der Waals surface area contributed by atoms with Crippen molar-refractivity contribution >= 4 is 21.6 Å². The van der Waals surface area contributed by atoms with Gasteiger partial charge in [-0.05, 0) is 41.5 Å². The van der Waals surface area contributed by atoms with Gasteiger partial charge in [0.15, 0.2) is 9.84 Å². The van der Waals surface area contributed by atoms with Gasteiger partial charge < -0.3 is 28.4 Å². The molecule has 0 bridgehead atoms. The smallest absolute Gasteiger partial charge is 0.319 e. The summed E-state index contributed by atoms with van der Waals surface area (Å²) in [7, 11) is -3.46. The zero-order valence-corrected chi connectivity index (χ0v) is 18.4. The Morgan fingerprint density at radius 1 is 0.871 bits per heavy atom. The van der Waals surface area contributed by atoms with Crippen LogP contribution in [0.25, 0.3) is 0 Å². The first-order valence-corrected chi connectivity index (χ1v) is 11.5. The summed E-state index contributed by atoms with van der Waals surface area (Å²) in [5, 5.41) is 7.69. The fraction of sp³-hybridized carbons (Fsp3) is 0.174. The molecule has 2 amide bonds. The highest BCUT2D eigenvalue weighted by Crippen LogP contribution is 2.21. The summed E-state index contributed by atoms with van der Waals surface area (Å²) in [4.78, 5) is 12.3. The lowest BCUT2D eigenvalue weighted by Gasteiger charge is -2.09. The molecule has 0 saturated carbocycles. The number of carbonyl (C=O) groups is 1. The van der Waals surface area contributed by atoms with Crippen LogP contribution in [0, 0.1) is 0 Å². The monoisotopic (exact) mass is 457 g/mol. The number of halogens is 1. The number of carbonyl (C=O) groups excluding carboxylic acids is 1. The molecule has 3 aromatic rings. The minimum Gasteiger partial charge on any atom is -1.00 e. The highest BCUT2D eigenvalue weighted by atomic mass is 35.5. The first-order valence-electron chi connectivity index (χ1n) is 9.83. The van der Waals surface area contributed by atoms with Crippen LogP contribution >= 0.6 is 0 Å². The highest BCUT2D eigenvalue weighted by molar-refractivity contribution is 7.90. The van der Waals surface area contributed by atoms with Crippen molar-refractivity contribution in [2.24, 2.45) is 0 Å². The maximum absolute atomic E-state index is 12.8. The van der Waals surface area contributed by atoms with Gasteiger partial charge in [-0.25, -0.2) is 13.2 Å². The molecule has 0 fully saturated rings. The quantitative estimate of drug-likeness (QED) is 0.469. The Bertz CT molecular complexity index is 1150. The van der Waals surface area contributed by atoms with E-state index in [2.05, 4.69) is 16.0 Å². The number of amides is 2. The molecule has 0 saturated heterocycles. The number of sulfone groups is 1. The minimum atomic E-state index is -3.46. The molecule has 3 aromatic carbocycles. The zero-order valence-electron chi connectivity index (χ0n) is 16.8. The van der Waals surface area contributed by atoms with Gasteiger partial charge in [-0.2, -0.15) is 0 Å². The van der Waals surface area contributed by atoms with Gasteiger partial charge in [0.1, 0.15) is 13.1 Å². The van der Waals surface area contributed by atoms with Gasteiger partial charge in [-0.3, -0.25) is 0 Å². The van der Waals surface area contributed by atoms with Crippen LogP contribution in [0.4, 0.5) is 10.5 Å². The van der Waals surface area contributed by atoms with Crippen LogP contribution in [0.5, 0.6) is 0 Å². The topological polar surface area (TPSA) is 91.9 Å². The van der Waals surface area contributed by atoms with Crippen molar-refractivity contribution < 1.29 is 30.9 Å². The summed E-state index contributed by atoms with van der Waals surface area (Å²) in [6.07, 6.45) is 0. The Labute approximate surface area is 188 Å². The molecule has 0 atom stereocenters. The third-order valence-corrected chi connectivity index (χ3v) is 6.83. The summed E-state index contributed by atoms with van der Waals surface area (Å²) in [6, 6.07) is 21.4. The van der Waals surface area contributed by atoms with E-state index < -0.39 is 9.84 Å². The maximum Gasteiger partial charge on any atom is 0.319 e. The molecule has 8 heteroatoms. The summed E-state index contributed by atoms with van der Waals surface area (Å²) in [5.74, 6) is -0.0371. The van der Waals surface area contributed by atoms with E-state index in [0.717, 1.165) is 24.2 Å². The van der Waals surface area contributed by atoms with Crippen molar-refractivity contribution in [3.05, 3.63) is 95.1 Å². The Balaban J connectivity index is 0.00000272. The third-order valence-electron chi connectivity index (χ3n) is 5.12. The van der Waals surface area contributed by atoms with E-state index in [1.165, 1.54) is 23.3 Å². The molecule has 0 spiro atoms. The van der Waals surface area contributed by atoms with Crippen molar-refractivity contribution in [1.29, 1.82) is 0 Å². The molecule has 0 radical (unpaired) electrons. The van der Waals surface area contributed by atoms with Gasteiger partial charge in [-0.15, -0.1) is 0 Å². The van der Waals surface area contributed by atoms with Crippen molar-refractivity contribution in [1.82, 2.24) is 5.32 Å². The number of rotatable bonds is 6. The molecule has 31 heavy (non-hydrogen) atoms. The molecule has 4 rings (SSSR count). The SMILES string of the molecule is O=C(NCc1ccccc1)Nc1ccc(S(=O)(=O)Cc2ccc3c(c2)C[NH2+]C3)cc1.[Cl-]. The summed E-state index contributed by atoms with van der Waals surface area (Å²) in [6.45, 7) is 2.27. The predicted octanol–water partition coefficient (Wildman–Crippen LogP) is -0.437. The number of anilines is 1. The van der Waals surface area contributed by atoms with Crippen molar-refractivity contribution in [2.75, 3.05) is 5.32 Å². The highest BCUT2D eigenvalue weighted by Gasteiger charge is 2.19. The van der Waals surface area contributed by atoms with E-state index in [0.29, 0.717) is 12.2 Å². The molecule has 0 aromatic heterocycles. The van der Waals surface area contributed by atoms with Gasteiger partial charge in [0, 0.05) is 23.4 Å². The average Bonchev–Trinajstić information content (AvgIpc) is 3.21. The Kier molecular flexibility index (Phi) is 7.33. The first-order chi connectivity index (χ1) is 14.5. The average molecular weight is 458 g/mol. The van der Waals surface area contributed by atoms with Crippen LogP contribution in [0.2, 0.25) is 0 Å². The van der Waals surface area contributed by atoms with Crippen LogP contribution < -0.4 is 28.4 Å². The fourth-order valence-electron chi connectivity index (χ4n) is 3.54. The van der Waals surface area contributed by atoms with Gasteiger partial charge in [-0.1, -0.05) is 42.5 Å². The van der Waals surface area contributed by atoms with E-state index in [9.17, 15) is 13.2 Å². The second-order valence-corrected chi connectivity index (χ2v) is 9.37. The molecular weight excluding hydrogens is 434 g/mol. The van der Waals surface area contributed by atoms with Gasteiger partial charge in [0.05, 0.1) is 10.6 Å². The van der Waals surface area contributed by atoms with E-state index >= 15 is 0 Å². The molecule has 1 aliphatic heterocycles. The van der Waals surface area contributed by atoms with Crippen molar-refractivity contribution in [2.45, 2.75) is 30.3 Å². The van der Waals surface area contributed by atoms with Crippen LogP contribution in [-0.2, 0) is 35.2 Å². The number of quaternary nitrogens is 1. The molecule has 162 valence electrons. The summed E-state index contributed by atoms with van der Waals surface area (Å²) >= 11 is 0. The lowest BCUT2D eigenvalue weighted by Crippen LogP contribution is -3.00. The van der Waals surface area contributed by atoms with Gasteiger partial charge >= 0.3 is 6.03 Å². The number of fused-ring (bicyclic) bond motifs is 1. The number of nitrogens with one attached hydrogen (secondary N) is 2. The second kappa shape index (κ2) is 9.96. The molecule has 6 nitrogen and oxygen atoms in total. The lowest BCUT2D eigenvalue weighted by atomic mass is 10.1. The molecular formula is C23H24ClN3O3S. The predicted molar refractivity (Wildman–Crippen MR) is 115 cm³/mol. The van der Waals surface area contributed by atoms with Crippen LogP contribution in [0.15, 0.2) is 77.7 Å². The van der Waals surface area contributed by atoms with E-state index in [1.807, 2.05) is 48.5 Å². The largest absolute Gasteiger partial charge is 1.00 e. The van der Waals surface area contributed by atoms with Gasteiger partial charge in [0.25, 0.3) is 0 Å². The third kappa shape index (κ3) is 5.85. The molecule has 0 aliphatic carbocycles. The zero-order chi connectivity index (χ0) is 21.0. The van der Waals surface area contributed by atoms with Crippen LogP contribution in [-0.4, -0.2) is 14.4 Å². The van der Waals surface area contributed by atoms with Crippen LogP contribution in [0.3, 0.4) is 0 Å². The van der Waals surface area contributed by atoms with E-state index in [1.54, 1.807) is 12.1 Å². The second-order valence-electron chi connectivity index (χ2n) is 7.38. The van der Waals surface area contributed by atoms with Gasteiger partial charge in [0.2, 0.25) is 0 Å². The molecule has 4 N–H and O–H groups in total. The van der Waals surface area contributed by atoms with E-state index in [4.69, 9.17) is 0 Å². The summed E-state index contributed by atoms with van der Waals surface area (Å²) in [5.41, 5.74) is 4.82. The number of hydrogen-bond donors (Lipinski definition) is 3. The van der Waals surface area contributed by atoms with Crippen molar-refractivity contribution in [3.8, 4) is 0 Å². The Hall–Kier alpha value is -2.87. The van der Waals surface area contributed by atoms with E-state index in [-0.39, 0.29) is 29.1 Å². The molecule has 1 heterocycles. The first kappa shape index (κ1) is 22.8. The number of benzene rings is 3. The Morgan fingerprint density at radius 3 is 2.32 bits per heavy atom. The standard InChI is InChI=1S/C23H23N3O3S.ClH/c27-23(25-13-17-4-2-1-3-5-17)26-21-8-10-22(11-9-21)30(28,29)16-18-6-7-19-14-24-15-20(19)12-18;/h1-12,24H,13-16H2,(H2,25,26,27);1H. The molecule has 1 aliphatic rings. The number of urea groups is 1.